The average molecular weight is 341 g/mol. The lowest BCUT2D eigenvalue weighted by Crippen LogP contribution is -2.30. The number of carbonyl (C=O) groups is 2. The van der Waals surface area contributed by atoms with E-state index in [0.29, 0.717) is 22.7 Å². The summed E-state index contributed by atoms with van der Waals surface area (Å²) in [5.74, 6) is 0.261. The third-order valence-corrected chi connectivity index (χ3v) is 3.91. The molecule has 0 saturated carbocycles. The Hall–Kier alpha value is -3.02. The summed E-state index contributed by atoms with van der Waals surface area (Å²) in [5.41, 5.74) is 2.76. The van der Waals surface area contributed by atoms with Crippen LogP contribution in [0, 0.1) is 13.8 Å². The predicted molar refractivity (Wildman–Crippen MR) is 92.0 cm³/mol. The van der Waals surface area contributed by atoms with Crippen LogP contribution in [0.4, 0.5) is 5.69 Å². The lowest BCUT2D eigenvalue weighted by Gasteiger charge is -2.15. The van der Waals surface area contributed by atoms with Crippen LogP contribution >= 0.6 is 0 Å². The zero-order chi connectivity index (χ0) is 18.0. The quantitative estimate of drug-likeness (QED) is 0.865. The number of nitrogens with one attached hydrogen (secondary N) is 1. The zero-order valence-electron chi connectivity index (χ0n) is 14.3. The fraction of sp³-hybridized carbons (Fsp3) is 0.263. The molecule has 2 aromatic rings. The Balaban J connectivity index is 1.64. The number of ether oxygens (including phenoxy) is 3. The van der Waals surface area contributed by atoms with Gasteiger partial charge in [0.05, 0.1) is 5.56 Å². The van der Waals surface area contributed by atoms with Crippen LogP contribution in [0.5, 0.6) is 11.5 Å². The molecular weight excluding hydrogens is 322 g/mol. The van der Waals surface area contributed by atoms with Crippen molar-refractivity contribution in [3.63, 3.8) is 0 Å². The second kappa shape index (κ2) is 6.84. The fourth-order valence-electron chi connectivity index (χ4n) is 2.45. The lowest BCUT2D eigenvalue weighted by atomic mass is 10.1. The minimum Gasteiger partial charge on any atom is -0.454 e. The molecule has 3 rings (SSSR count). The Morgan fingerprint density at radius 3 is 2.64 bits per heavy atom. The van der Waals surface area contributed by atoms with Crippen molar-refractivity contribution in [2.45, 2.75) is 26.9 Å². The Bertz CT molecular complexity index is 831. The van der Waals surface area contributed by atoms with Gasteiger partial charge in [0.2, 0.25) is 6.79 Å². The first-order valence-corrected chi connectivity index (χ1v) is 7.93. The Morgan fingerprint density at radius 1 is 1.08 bits per heavy atom. The van der Waals surface area contributed by atoms with Crippen LogP contribution < -0.4 is 14.8 Å². The smallest absolute Gasteiger partial charge is 0.339 e. The number of aryl methyl sites for hydroxylation is 2. The first kappa shape index (κ1) is 16.8. The van der Waals surface area contributed by atoms with E-state index in [1.54, 1.807) is 24.3 Å². The molecule has 0 aromatic heterocycles. The molecule has 0 radical (unpaired) electrons. The fourth-order valence-corrected chi connectivity index (χ4v) is 2.45. The van der Waals surface area contributed by atoms with E-state index in [2.05, 4.69) is 5.32 Å². The summed E-state index contributed by atoms with van der Waals surface area (Å²) in [4.78, 5) is 24.6. The van der Waals surface area contributed by atoms with E-state index in [-0.39, 0.29) is 6.79 Å². The molecule has 6 nitrogen and oxygen atoms in total. The molecule has 0 fully saturated rings. The Labute approximate surface area is 145 Å². The molecule has 2 aromatic carbocycles. The van der Waals surface area contributed by atoms with Gasteiger partial charge < -0.3 is 19.5 Å². The number of rotatable bonds is 4. The predicted octanol–water partition coefficient (Wildman–Crippen LogP) is 3.22. The highest BCUT2D eigenvalue weighted by Gasteiger charge is 2.21. The highest BCUT2D eigenvalue weighted by atomic mass is 16.7. The van der Waals surface area contributed by atoms with E-state index in [0.717, 1.165) is 11.1 Å². The highest BCUT2D eigenvalue weighted by Crippen LogP contribution is 2.34. The monoisotopic (exact) mass is 341 g/mol. The molecule has 1 aliphatic rings. The van der Waals surface area contributed by atoms with Gasteiger partial charge in [-0.1, -0.05) is 17.7 Å². The summed E-state index contributed by atoms with van der Waals surface area (Å²) in [7, 11) is 0. The van der Waals surface area contributed by atoms with Crippen LogP contribution in [0.15, 0.2) is 36.4 Å². The molecular formula is C19H19NO5. The SMILES string of the molecule is Cc1ccc(C)c(C(=O)O[C@@H](C)C(=O)Nc2ccc3c(c2)OCO3)c1. The molecule has 6 heteroatoms. The number of anilines is 1. The van der Waals surface area contributed by atoms with Crippen LogP contribution in [0.1, 0.15) is 28.4 Å². The van der Waals surface area contributed by atoms with Crippen molar-refractivity contribution in [3.8, 4) is 11.5 Å². The number of fused-ring (bicyclic) bond motifs is 1. The maximum Gasteiger partial charge on any atom is 0.339 e. The van der Waals surface area contributed by atoms with Gasteiger partial charge in [-0.25, -0.2) is 4.79 Å². The molecule has 0 spiro atoms. The summed E-state index contributed by atoms with van der Waals surface area (Å²) in [6.07, 6.45) is -0.933. The van der Waals surface area contributed by atoms with Gasteiger partial charge in [0, 0.05) is 11.8 Å². The molecule has 0 unspecified atom stereocenters. The lowest BCUT2D eigenvalue weighted by molar-refractivity contribution is -0.123. The van der Waals surface area contributed by atoms with E-state index in [4.69, 9.17) is 14.2 Å². The second-order valence-electron chi connectivity index (χ2n) is 5.92. The van der Waals surface area contributed by atoms with Gasteiger partial charge in [-0.05, 0) is 44.5 Å². The third kappa shape index (κ3) is 3.74. The molecule has 0 aliphatic carbocycles. The zero-order valence-corrected chi connectivity index (χ0v) is 14.3. The summed E-state index contributed by atoms with van der Waals surface area (Å²) in [5, 5.41) is 2.70. The minimum atomic E-state index is -0.933. The van der Waals surface area contributed by atoms with Gasteiger partial charge in [-0.15, -0.1) is 0 Å². The summed E-state index contributed by atoms with van der Waals surface area (Å²) < 4.78 is 15.8. The van der Waals surface area contributed by atoms with Crippen LogP contribution in [-0.4, -0.2) is 24.8 Å². The number of benzene rings is 2. The second-order valence-corrected chi connectivity index (χ2v) is 5.92. The van der Waals surface area contributed by atoms with Gasteiger partial charge in [0.25, 0.3) is 5.91 Å². The topological polar surface area (TPSA) is 73.9 Å². The number of esters is 1. The van der Waals surface area contributed by atoms with Crippen molar-refractivity contribution in [1.29, 1.82) is 0 Å². The molecule has 1 amide bonds. The van der Waals surface area contributed by atoms with E-state index in [1.807, 2.05) is 26.0 Å². The molecule has 1 heterocycles. The highest BCUT2D eigenvalue weighted by molar-refractivity contribution is 5.98. The van der Waals surface area contributed by atoms with Crippen molar-refractivity contribution >= 4 is 17.6 Å². The maximum atomic E-state index is 12.3. The van der Waals surface area contributed by atoms with Crippen LogP contribution in [0.3, 0.4) is 0 Å². The number of hydrogen-bond acceptors (Lipinski definition) is 5. The van der Waals surface area contributed by atoms with Gasteiger partial charge in [-0.3, -0.25) is 4.79 Å². The summed E-state index contributed by atoms with van der Waals surface area (Å²) in [6.45, 7) is 5.42. The first-order chi connectivity index (χ1) is 11.9. The Morgan fingerprint density at radius 2 is 1.84 bits per heavy atom. The van der Waals surface area contributed by atoms with Gasteiger partial charge in [0.15, 0.2) is 17.6 Å². The normalized spacial score (nSPS) is 13.2. The molecule has 25 heavy (non-hydrogen) atoms. The van der Waals surface area contributed by atoms with Gasteiger partial charge in [-0.2, -0.15) is 0 Å². The average Bonchev–Trinajstić information content (AvgIpc) is 3.04. The summed E-state index contributed by atoms with van der Waals surface area (Å²) >= 11 is 0. The first-order valence-electron chi connectivity index (χ1n) is 7.93. The maximum absolute atomic E-state index is 12.3. The van der Waals surface area contributed by atoms with Crippen molar-refractivity contribution in [3.05, 3.63) is 53.1 Å². The van der Waals surface area contributed by atoms with Crippen LogP contribution in [-0.2, 0) is 9.53 Å². The molecule has 1 N–H and O–H groups in total. The number of carbonyl (C=O) groups excluding carboxylic acids is 2. The van der Waals surface area contributed by atoms with Gasteiger partial charge in [0.1, 0.15) is 0 Å². The van der Waals surface area contributed by atoms with Crippen molar-refractivity contribution < 1.29 is 23.8 Å². The molecule has 0 saturated heterocycles. The Kier molecular flexibility index (Phi) is 4.61. The number of amides is 1. The van der Waals surface area contributed by atoms with Crippen LogP contribution in [0.2, 0.25) is 0 Å². The van der Waals surface area contributed by atoms with Crippen molar-refractivity contribution in [2.24, 2.45) is 0 Å². The largest absolute Gasteiger partial charge is 0.454 e. The van der Waals surface area contributed by atoms with E-state index in [1.165, 1.54) is 6.92 Å². The molecule has 1 aliphatic heterocycles. The van der Waals surface area contributed by atoms with Crippen molar-refractivity contribution in [1.82, 2.24) is 0 Å². The molecule has 130 valence electrons. The number of hydrogen-bond donors (Lipinski definition) is 1. The van der Waals surface area contributed by atoms with E-state index in [9.17, 15) is 9.59 Å². The van der Waals surface area contributed by atoms with Gasteiger partial charge >= 0.3 is 5.97 Å². The molecule has 1 atom stereocenters. The molecule has 0 bridgehead atoms. The van der Waals surface area contributed by atoms with Crippen molar-refractivity contribution in [2.75, 3.05) is 12.1 Å². The van der Waals surface area contributed by atoms with E-state index >= 15 is 0 Å². The standard InChI is InChI=1S/C19H19NO5/c1-11-4-5-12(2)15(8-11)19(22)25-13(3)18(21)20-14-6-7-16-17(9-14)24-10-23-16/h4-9,13H,10H2,1-3H3,(H,20,21)/t13-/m0/s1. The summed E-state index contributed by atoms with van der Waals surface area (Å²) in [6, 6.07) is 10.6. The minimum absolute atomic E-state index is 0.163. The van der Waals surface area contributed by atoms with E-state index < -0.39 is 18.0 Å². The van der Waals surface area contributed by atoms with Crippen LogP contribution in [0.25, 0.3) is 0 Å². The third-order valence-electron chi connectivity index (χ3n) is 3.91.